The Kier molecular flexibility index (Phi) is 6.55. The first-order valence-electron chi connectivity index (χ1n) is 19.2. The predicted octanol–water partition coefficient (Wildman–Crippen LogP) is 12.9. The Hall–Kier alpha value is -7.36. The van der Waals surface area contributed by atoms with Crippen molar-refractivity contribution in [2.75, 3.05) is 0 Å². The molecule has 3 heteroatoms. The minimum atomic E-state index is -0.542. The second kappa shape index (κ2) is 11.8. The van der Waals surface area contributed by atoms with Gasteiger partial charge in [0.2, 0.25) is 0 Å². The summed E-state index contributed by atoms with van der Waals surface area (Å²) in [6, 6.07) is 72.5. The molecular formula is C53H33N3. The van der Waals surface area contributed by atoms with Gasteiger partial charge in [-0.25, -0.2) is 9.97 Å². The van der Waals surface area contributed by atoms with Crippen molar-refractivity contribution >= 4 is 21.8 Å². The number of benzene rings is 8. The molecule has 0 bridgehead atoms. The van der Waals surface area contributed by atoms with Crippen molar-refractivity contribution in [3.63, 3.8) is 0 Å². The Morgan fingerprint density at radius 1 is 0.339 bits per heavy atom. The van der Waals surface area contributed by atoms with Gasteiger partial charge in [-0.2, -0.15) is 0 Å². The molecule has 0 amide bonds. The molecule has 2 aliphatic carbocycles. The Balaban J connectivity index is 1.16. The molecule has 2 heterocycles. The lowest BCUT2D eigenvalue weighted by Crippen LogP contribution is -2.26. The first-order valence-corrected chi connectivity index (χ1v) is 19.2. The quantitative estimate of drug-likeness (QED) is 0.182. The molecule has 0 aliphatic heterocycles. The number of nitrogens with zero attached hydrogens (tertiary/aromatic N) is 3. The van der Waals surface area contributed by atoms with Gasteiger partial charge >= 0.3 is 0 Å². The zero-order valence-corrected chi connectivity index (χ0v) is 30.4. The van der Waals surface area contributed by atoms with Crippen LogP contribution in [0.2, 0.25) is 0 Å². The normalized spacial score (nSPS) is 14.9. The zero-order chi connectivity index (χ0) is 36.8. The van der Waals surface area contributed by atoms with Crippen LogP contribution in [-0.2, 0) is 5.41 Å². The summed E-state index contributed by atoms with van der Waals surface area (Å²) in [6.45, 7) is 0. The van der Waals surface area contributed by atoms with E-state index in [1.807, 2.05) is 12.1 Å². The second-order valence-electron chi connectivity index (χ2n) is 14.9. The smallest absolute Gasteiger partial charge is 0.160 e. The molecule has 8 aromatic carbocycles. The predicted molar refractivity (Wildman–Crippen MR) is 229 cm³/mol. The van der Waals surface area contributed by atoms with E-state index in [9.17, 15) is 0 Å². The van der Waals surface area contributed by atoms with Crippen molar-refractivity contribution in [1.82, 2.24) is 14.5 Å². The van der Waals surface area contributed by atoms with E-state index < -0.39 is 5.41 Å². The average Bonchev–Trinajstić information content (AvgIpc) is 3.87. The van der Waals surface area contributed by atoms with Gasteiger partial charge in [-0.3, -0.25) is 0 Å². The first kappa shape index (κ1) is 31.0. The van der Waals surface area contributed by atoms with E-state index in [0.717, 1.165) is 33.8 Å². The number of hydrogen-bond acceptors (Lipinski definition) is 2. The SMILES string of the molecule is c1ccc(-c2cc(-c3ccccc3)nc(-c3ccc4c(c3)C3(c5ccccc5-4)c4ccccc4-c4cc5c6ccccc6n(-c6ccccc6)c5cc43)n2)cc1. The summed E-state index contributed by atoms with van der Waals surface area (Å²) in [7, 11) is 0. The van der Waals surface area contributed by atoms with Gasteiger partial charge in [0.1, 0.15) is 0 Å². The van der Waals surface area contributed by atoms with Crippen LogP contribution in [0.1, 0.15) is 22.3 Å². The molecule has 10 aromatic rings. The summed E-state index contributed by atoms with van der Waals surface area (Å²) >= 11 is 0. The lowest BCUT2D eigenvalue weighted by atomic mass is 9.70. The highest BCUT2D eigenvalue weighted by molar-refractivity contribution is 6.12. The highest BCUT2D eigenvalue weighted by Gasteiger charge is 2.52. The molecule has 0 radical (unpaired) electrons. The Labute approximate surface area is 324 Å². The van der Waals surface area contributed by atoms with E-state index in [1.165, 1.54) is 66.3 Å². The molecule has 1 unspecified atom stereocenters. The second-order valence-corrected chi connectivity index (χ2v) is 14.9. The fourth-order valence-electron chi connectivity index (χ4n) is 9.68. The van der Waals surface area contributed by atoms with Crippen LogP contribution in [0.4, 0.5) is 0 Å². The van der Waals surface area contributed by atoms with Gasteiger partial charge in [-0.15, -0.1) is 0 Å². The topological polar surface area (TPSA) is 30.7 Å². The third-order valence-corrected chi connectivity index (χ3v) is 12.0. The van der Waals surface area contributed by atoms with E-state index in [1.54, 1.807) is 0 Å². The van der Waals surface area contributed by atoms with Crippen LogP contribution in [0.25, 0.3) is 83.6 Å². The van der Waals surface area contributed by atoms with Crippen molar-refractivity contribution in [3.05, 3.63) is 222 Å². The largest absolute Gasteiger partial charge is 0.309 e. The van der Waals surface area contributed by atoms with Crippen LogP contribution in [0.3, 0.4) is 0 Å². The monoisotopic (exact) mass is 711 g/mol. The van der Waals surface area contributed by atoms with E-state index in [0.29, 0.717) is 5.82 Å². The average molecular weight is 712 g/mol. The maximum atomic E-state index is 5.27. The molecule has 3 nitrogen and oxygen atoms in total. The lowest BCUT2D eigenvalue weighted by Gasteiger charge is -2.31. The third-order valence-electron chi connectivity index (χ3n) is 12.0. The van der Waals surface area contributed by atoms with Gasteiger partial charge in [0, 0.05) is 33.2 Å². The van der Waals surface area contributed by atoms with Gasteiger partial charge in [0.25, 0.3) is 0 Å². The van der Waals surface area contributed by atoms with Crippen molar-refractivity contribution in [2.24, 2.45) is 0 Å². The maximum absolute atomic E-state index is 5.27. The van der Waals surface area contributed by atoms with E-state index >= 15 is 0 Å². The molecule has 12 rings (SSSR count). The molecule has 0 N–H and O–H groups in total. The minimum absolute atomic E-state index is 0.542. The highest BCUT2D eigenvalue weighted by atomic mass is 15.0. The summed E-state index contributed by atoms with van der Waals surface area (Å²) in [4.78, 5) is 10.5. The van der Waals surface area contributed by atoms with Crippen LogP contribution in [0.5, 0.6) is 0 Å². The fourth-order valence-corrected chi connectivity index (χ4v) is 9.68. The number of fused-ring (bicyclic) bond motifs is 13. The lowest BCUT2D eigenvalue weighted by molar-refractivity contribution is 0.794. The molecule has 56 heavy (non-hydrogen) atoms. The van der Waals surface area contributed by atoms with Crippen molar-refractivity contribution in [1.29, 1.82) is 0 Å². The van der Waals surface area contributed by atoms with Crippen LogP contribution < -0.4 is 0 Å². The summed E-state index contributed by atoms with van der Waals surface area (Å²) in [6.07, 6.45) is 0. The Morgan fingerprint density at radius 2 is 0.875 bits per heavy atom. The Morgan fingerprint density at radius 3 is 1.55 bits per heavy atom. The summed E-state index contributed by atoms with van der Waals surface area (Å²) in [5.74, 6) is 0.713. The van der Waals surface area contributed by atoms with E-state index in [2.05, 4.69) is 193 Å². The zero-order valence-electron chi connectivity index (χ0n) is 30.4. The van der Waals surface area contributed by atoms with Crippen molar-refractivity contribution < 1.29 is 0 Å². The number of hydrogen-bond donors (Lipinski definition) is 0. The summed E-state index contributed by atoms with van der Waals surface area (Å²) in [5, 5.41) is 2.52. The van der Waals surface area contributed by atoms with Gasteiger partial charge in [0.15, 0.2) is 5.82 Å². The minimum Gasteiger partial charge on any atom is -0.309 e. The van der Waals surface area contributed by atoms with E-state index in [-0.39, 0.29) is 0 Å². The standard InChI is InChI=1S/C53H33N3/c1-4-16-34(17-5-1)48-33-49(35-18-6-2-7-19-35)55-52(54-48)36-28-29-40-38-22-10-13-25-44(38)53(46(40)30-36)45-26-14-11-23-39(45)42-31-43-41-24-12-15-27-50(41)56(51(43)32-47(42)53)37-20-8-3-9-21-37/h1-33H. The fraction of sp³-hybridized carbons (Fsp3) is 0.0189. The van der Waals surface area contributed by atoms with Gasteiger partial charge in [-0.05, 0) is 87.0 Å². The number of aromatic nitrogens is 3. The molecule has 1 atom stereocenters. The molecule has 1 spiro atoms. The molecule has 260 valence electrons. The van der Waals surface area contributed by atoms with E-state index in [4.69, 9.17) is 9.97 Å². The highest BCUT2D eigenvalue weighted by Crippen LogP contribution is 2.63. The molecule has 0 fully saturated rings. The molecular weight excluding hydrogens is 679 g/mol. The number of para-hydroxylation sites is 2. The van der Waals surface area contributed by atoms with Crippen molar-refractivity contribution in [2.45, 2.75) is 5.41 Å². The molecule has 0 saturated heterocycles. The molecule has 0 saturated carbocycles. The summed E-state index contributed by atoms with van der Waals surface area (Å²) < 4.78 is 2.44. The van der Waals surface area contributed by atoms with Crippen LogP contribution >= 0.6 is 0 Å². The van der Waals surface area contributed by atoms with Crippen LogP contribution in [-0.4, -0.2) is 14.5 Å². The molecule has 2 aliphatic rings. The Bertz CT molecular complexity index is 3120. The number of rotatable bonds is 4. The van der Waals surface area contributed by atoms with Gasteiger partial charge in [0.05, 0.1) is 27.8 Å². The summed E-state index contributed by atoms with van der Waals surface area (Å²) in [5.41, 5.74) is 18.2. The van der Waals surface area contributed by atoms with Gasteiger partial charge in [-0.1, -0.05) is 158 Å². The maximum Gasteiger partial charge on any atom is 0.160 e. The van der Waals surface area contributed by atoms with Crippen molar-refractivity contribution in [3.8, 4) is 61.8 Å². The third kappa shape index (κ3) is 4.28. The van der Waals surface area contributed by atoms with Crippen LogP contribution in [0, 0.1) is 0 Å². The molecule has 2 aromatic heterocycles. The van der Waals surface area contributed by atoms with Gasteiger partial charge < -0.3 is 4.57 Å². The first-order chi connectivity index (χ1) is 27.8. The van der Waals surface area contributed by atoms with Crippen LogP contribution in [0.15, 0.2) is 200 Å².